The van der Waals surface area contributed by atoms with Crippen LogP contribution in [0.4, 0.5) is 0 Å². The number of carbonyl (C=O) groups excluding carboxylic acids is 2. The Morgan fingerprint density at radius 2 is 0.795 bits per heavy atom. The molecule has 0 bridgehead atoms. The lowest BCUT2D eigenvalue weighted by Crippen LogP contribution is -2.47. The maximum atomic E-state index is 13.5. The van der Waals surface area contributed by atoms with Crippen LogP contribution in [0, 0.1) is 0 Å². The second-order valence-electron chi connectivity index (χ2n) is 22.9. The molecule has 0 spiro atoms. The first-order valence-corrected chi connectivity index (χ1v) is 33.2. The molecule has 1 amide bonds. The third-order valence-electron chi connectivity index (χ3n) is 14.4. The van der Waals surface area contributed by atoms with Gasteiger partial charge < -0.3 is 19.4 Å². The first kappa shape index (κ1) is 71.5. The molecule has 0 aromatic rings. The normalized spacial score (nSPS) is 13.8. The number of quaternary nitrogens is 1. The van der Waals surface area contributed by atoms with Crippen molar-refractivity contribution in [3.8, 4) is 0 Å². The molecule has 0 rings (SSSR count). The highest BCUT2D eigenvalue weighted by Gasteiger charge is 2.30. The van der Waals surface area contributed by atoms with E-state index in [0.29, 0.717) is 23.9 Å². The number of likely N-dealkylation sites (N-methyl/N-ethyl adjacent to an activating group) is 1. The Hall–Kier alpha value is -1.51. The molecule has 0 aromatic heterocycles. The first-order chi connectivity index (χ1) is 35.4. The number of nitrogens with one attached hydrogen (secondary N) is 1. The SMILES string of the molecule is CCCCCCCC/C=C/CCCCCCCCCCCC(=O)OC(/C=C/CCCCCCCCCCC)C(COP(=O)(O)OCC[N+](C)(C)C)NC(=O)CCCCCCCCCCCCCCCCCCC. The van der Waals surface area contributed by atoms with Crippen molar-refractivity contribution in [2.75, 3.05) is 40.9 Å². The number of hydrogen-bond donors (Lipinski definition) is 2. The Balaban J connectivity index is 5.17. The minimum Gasteiger partial charge on any atom is -0.456 e. The highest BCUT2D eigenvalue weighted by atomic mass is 31.2. The second-order valence-corrected chi connectivity index (χ2v) is 24.4. The summed E-state index contributed by atoms with van der Waals surface area (Å²) in [5.41, 5.74) is 0. The summed E-state index contributed by atoms with van der Waals surface area (Å²) in [5.74, 6) is -0.491. The number of nitrogens with zero attached hydrogens (tertiary/aromatic N) is 1. The maximum Gasteiger partial charge on any atom is 0.472 e. The van der Waals surface area contributed by atoms with Gasteiger partial charge >= 0.3 is 13.8 Å². The Bertz CT molecular complexity index is 1300. The van der Waals surface area contributed by atoms with E-state index >= 15 is 0 Å². The number of hydrogen-bond acceptors (Lipinski definition) is 6. The molecule has 0 aliphatic carbocycles. The van der Waals surface area contributed by atoms with Crippen LogP contribution in [-0.4, -0.2) is 74.3 Å². The fraction of sp³-hybridized carbons (Fsp3) is 0.905. The maximum absolute atomic E-state index is 13.5. The van der Waals surface area contributed by atoms with Crippen molar-refractivity contribution in [2.24, 2.45) is 0 Å². The van der Waals surface area contributed by atoms with Gasteiger partial charge in [-0.05, 0) is 57.4 Å². The monoisotopic (exact) mass is 1050 g/mol. The molecular weight excluding hydrogens is 928 g/mol. The van der Waals surface area contributed by atoms with Crippen molar-refractivity contribution in [2.45, 2.75) is 328 Å². The number of allylic oxidation sites excluding steroid dienone is 3. The highest BCUT2D eigenvalue weighted by molar-refractivity contribution is 7.47. The number of amides is 1. The van der Waals surface area contributed by atoms with E-state index in [1.807, 2.05) is 33.3 Å². The number of unbranched alkanes of at least 4 members (excludes halogenated alkanes) is 40. The zero-order chi connectivity index (χ0) is 53.6. The van der Waals surface area contributed by atoms with Gasteiger partial charge in [-0.25, -0.2) is 4.57 Å². The van der Waals surface area contributed by atoms with E-state index in [1.165, 1.54) is 225 Å². The molecule has 0 aliphatic rings. The molecule has 9 nitrogen and oxygen atoms in total. The van der Waals surface area contributed by atoms with E-state index < -0.39 is 20.0 Å². The summed E-state index contributed by atoms with van der Waals surface area (Å²) in [6, 6.07) is -0.842. The second kappa shape index (κ2) is 53.9. The van der Waals surface area contributed by atoms with Gasteiger partial charge in [0.25, 0.3) is 0 Å². The summed E-state index contributed by atoms with van der Waals surface area (Å²) in [6.07, 6.45) is 63.1. The predicted molar refractivity (Wildman–Crippen MR) is 314 cm³/mol. The van der Waals surface area contributed by atoms with Crippen LogP contribution < -0.4 is 5.32 Å². The molecule has 0 heterocycles. The summed E-state index contributed by atoms with van der Waals surface area (Å²) < 4.78 is 30.7. The van der Waals surface area contributed by atoms with Crippen LogP contribution in [0.15, 0.2) is 24.3 Å². The van der Waals surface area contributed by atoms with Gasteiger partial charge in [-0.3, -0.25) is 18.6 Å². The van der Waals surface area contributed by atoms with Gasteiger partial charge in [0.1, 0.15) is 19.3 Å². The van der Waals surface area contributed by atoms with Crippen molar-refractivity contribution in [1.29, 1.82) is 0 Å². The molecule has 73 heavy (non-hydrogen) atoms. The number of phosphoric ester groups is 1. The van der Waals surface area contributed by atoms with E-state index in [9.17, 15) is 19.0 Å². The summed E-state index contributed by atoms with van der Waals surface area (Å²) in [4.78, 5) is 37.7. The average Bonchev–Trinajstić information content (AvgIpc) is 3.35. The van der Waals surface area contributed by atoms with Crippen LogP contribution in [0.3, 0.4) is 0 Å². The van der Waals surface area contributed by atoms with Crippen LogP contribution in [0.25, 0.3) is 0 Å². The Labute approximate surface area is 454 Å². The van der Waals surface area contributed by atoms with Gasteiger partial charge in [-0.1, -0.05) is 270 Å². The lowest BCUT2D eigenvalue weighted by atomic mass is 10.0. The van der Waals surface area contributed by atoms with E-state index in [2.05, 4.69) is 38.2 Å². The molecule has 0 saturated carbocycles. The number of carbonyl (C=O) groups is 2. The van der Waals surface area contributed by atoms with E-state index in [1.54, 1.807) is 0 Å². The van der Waals surface area contributed by atoms with Crippen molar-refractivity contribution in [3.05, 3.63) is 24.3 Å². The van der Waals surface area contributed by atoms with Gasteiger partial charge in [-0.2, -0.15) is 0 Å². The summed E-state index contributed by atoms with van der Waals surface area (Å²) in [6.45, 7) is 7.05. The molecule has 0 fully saturated rings. The zero-order valence-electron chi connectivity index (χ0n) is 49.4. The Morgan fingerprint density at radius 1 is 0.466 bits per heavy atom. The third-order valence-corrected chi connectivity index (χ3v) is 15.4. The van der Waals surface area contributed by atoms with Gasteiger partial charge in [0.15, 0.2) is 0 Å². The number of rotatable bonds is 58. The Morgan fingerprint density at radius 3 is 1.16 bits per heavy atom. The van der Waals surface area contributed by atoms with Gasteiger partial charge in [0.2, 0.25) is 5.91 Å². The largest absolute Gasteiger partial charge is 0.472 e. The van der Waals surface area contributed by atoms with Crippen molar-refractivity contribution >= 4 is 19.7 Å². The fourth-order valence-corrected chi connectivity index (χ4v) is 10.2. The molecular formula is C63H124N2O7P+. The molecule has 0 aliphatic heterocycles. The molecule has 3 atom stereocenters. The standard InChI is InChI=1S/C63H123N2O7P/c1-7-10-13-16-19-22-25-27-29-31-32-34-36-38-41-44-47-50-53-56-63(67)72-61(54-51-48-45-42-39-24-21-18-15-12-9-3)60(59-71-73(68,69)70-58-57-65(4,5)6)64-62(66)55-52-49-46-43-40-37-35-33-30-28-26-23-20-17-14-11-8-2/h27,29,51,54,60-61H,7-26,28,30-50,52-53,55-59H2,1-6H3,(H-,64,66,68,69)/p+1/b29-27+,54-51+. The number of phosphoric acid groups is 1. The summed E-state index contributed by atoms with van der Waals surface area (Å²) >= 11 is 0. The fourth-order valence-electron chi connectivity index (χ4n) is 9.47. The van der Waals surface area contributed by atoms with Crippen LogP contribution >= 0.6 is 7.82 Å². The van der Waals surface area contributed by atoms with Crippen LogP contribution in [-0.2, 0) is 27.9 Å². The van der Waals surface area contributed by atoms with Gasteiger partial charge in [0.05, 0.1) is 33.8 Å². The van der Waals surface area contributed by atoms with Crippen LogP contribution in [0.2, 0.25) is 0 Å². The molecule has 0 radical (unpaired) electrons. The Kier molecular flexibility index (Phi) is 52.8. The molecule has 2 N–H and O–H groups in total. The van der Waals surface area contributed by atoms with E-state index in [-0.39, 0.29) is 25.1 Å². The number of esters is 1. The summed E-state index contributed by atoms with van der Waals surface area (Å²) in [7, 11) is 1.51. The third kappa shape index (κ3) is 55.1. The lowest BCUT2D eigenvalue weighted by Gasteiger charge is -2.27. The first-order valence-electron chi connectivity index (χ1n) is 31.7. The molecule has 3 unspecified atom stereocenters. The number of ether oxygens (including phenoxy) is 1. The van der Waals surface area contributed by atoms with Gasteiger partial charge in [-0.15, -0.1) is 0 Å². The lowest BCUT2D eigenvalue weighted by molar-refractivity contribution is -0.870. The van der Waals surface area contributed by atoms with Crippen molar-refractivity contribution in [3.63, 3.8) is 0 Å². The van der Waals surface area contributed by atoms with Crippen molar-refractivity contribution in [1.82, 2.24) is 5.32 Å². The minimum atomic E-state index is -4.44. The molecule has 432 valence electrons. The van der Waals surface area contributed by atoms with Crippen molar-refractivity contribution < 1.29 is 37.3 Å². The average molecular weight is 1050 g/mol. The topological polar surface area (TPSA) is 111 Å². The van der Waals surface area contributed by atoms with Crippen LogP contribution in [0.1, 0.15) is 316 Å². The summed E-state index contributed by atoms with van der Waals surface area (Å²) in [5, 5.41) is 3.06. The van der Waals surface area contributed by atoms with E-state index in [4.69, 9.17) is 13.8 Å². The highest BCUT2D eigenvalue weighted by Crippen LogP contribution is 2.43. The van der Waals surface area contributed by atoms with Gasteiger partial charge in [0, 0.05) is 12.8 Å². The molecule has 10 heteroatoms. The quantitative estimate of drug-likeness (QED) is 0.0205. The molecule has 0 saturated heterocycles. The van der Waals surface area contributed by atoms with E-state index in [0.717, 1.165) is 57.8 Å². The molecule has 0 aromatic carbocycles. The smallest absolute Gasteiger partial charge is 0.456 e. The predicted octanol–water partition coefficient (Wildman–Crippen LogP) is 19.3. The minimum absolute atomic E-state index is 0.0436. The zero-order valence-corrected chi connectivity index (χ0v) is 50.3. The van der Waals surface area contributed by atoms with Crippen LogP contribution in [0.5, 0.6) is 0 Å².